The number of benzene rings is 2. The average Bonchev–Trinajstić information content (AvgIpc) is 3.40. The fourth-order valence-corrected chi connectivity index (χ4v) is 2.76. The molecule has 3 atom stereocenters. The maximum atomic E-state index is 11.2. The van der Waals surface area contributed by atoms with Crippen molar-refractivity contribution < 1.29 is 24.2 Å². The van der Waals surface area contributed by atoms with Gasteiger partial charge >= 0.3 is 11.9 Å². The standard InChI is InChI=1S/C14H11ClO3.C8H13NO2/c15-11-8-6-10(7-9-11)13(14(16)17)18-12-4-2-1-3-5-12;1-3-6-5-8(6,9)7(10)11-4-2/h1-9,13H,(H,16,17);3,6H,1,4-5,9H2,2H3/t13-;6-,8-/m01/s1. The lowest BCUT2D eigenvalue weighted by atomic mass is 10.1. The number of para-hydroxylation sites is 1. The molecule has 7 heteroatoms. The summed E-state index contributed by atoms with van der Waals surface area (Å²) in [6, 6.07) is 15.4. The van der Waals surface area contributed by atoms with Crippen molar-refractivity contribution in [2.75, 3.05) is 6.61 Å². The second kappa shape index (κ2) is 10.1. The summed E-state index contributed by atoms with van der Waals surface area (Å²) in [5.41, 5.74) is 5.48. The van der Waals surface area contributed by atoms with Crippen LogP contribution in [0.4, 0.5) is 0 Å². The van der Waals surface area contributed by atoms with E-state index in [1.54, 1.807) is 61.5 Å². The van der Waals surface area contributed by atoms with Crippen LogP contribution >= 0.6 is 11.6 Å². The Morgan fingerprint density at radius 2 is 1.90 bits per heavy atom. The van der Waals surface area contributed by atoms with E-state index in [2.05, 4.69) is 6.58 Å². The number of halogens is 1. The second-order valence-corrected chi connectivity index (χ2v) is 6.94. The van der Waals surface area contributed by atoms with Gasteiger partial charge in [-0.25, -0.2) is 4.79 Å². The van der Waals surface area contributed by atoms with Crippen molar-refractivity contribution in [2.24, 2.45) is 11.7 Å². The highest BCUT2D eigenvalue weighted by Gasteiger charge is 2.56. The van der Waals surface area contributed by atoms with Gasteiger partial charge in [0.25, 0.3) is 0 Å². The lowest BCUT2D eigenvalue weighted by Gasteiger charge is -2.15. The minimum Gasteiger partial charge on any atom is -0.478 e. The molecule has 3 rings (SSSR count). The first kappa shape index (κ1) is 22.5. The zero-order valence-electron chi connectivity index (χ0n) is 16.1. The minimum absolute atomic E-state index is 0.113. The van der Waals surface area contributed by atoms with E-state index in [-0.39, 0.29) is 11.9 Å². The van der Waals surface area contributed by atoms with Gasteiger partial charge in [-0.1, -0.05) is 48.0 Å². The number of rotatable bonds is 7. The van der Waals surface area contributed by atoms with Gasteiger partial charge in [0.05, 0.1) is 6.61 Å². The Hall–Kier alpha value is -2.83. The molecular formula is C22H24ClNO5. The molecule has 0 aromatic heterocycles. The van der Waals surface area contributed by atoms with Gasteiger partial charge in [-0.3, -0.25) is 4.79 Å². The Kier molecular flexibility index (Phi) is 7.82. The second-order valence-electron chi connectivity index (χ2n) is 6.51. The Balaban J connectivity index is 0.000000234. The molecule has 2 aromatic carbocycles. The number of aliphatic carboxylic acids is 1. The fraction of sp³-hybridized carbons (Fsp3) is 0.273. The molecule has 2 aromatic rings. The molecule has 0 heterocycles. The lowest BCUT2D eigenvalue weighted by Crippen LogP contribution is -2.36. The quantitative estimate of drug-likeness (QED) is 0.522. The van der Waals surface area contributed by atoms with Gasteiger partial charge < -0.3 is 20.3 Å². The number of ether oxygens (including phenoxy) is 2. The molecule has 0 radical (unpaired) electrons. The number of esters is 1. The van der Waals surface area contributed by atoms with Crippen LogP contribution in [0.15, 0.2) is 67.3 Å². The van der Waals surface area contributed by atoms with Crippen molar-refractivity contribution in [3.05, 3.63) is 77.8 Å². The first-order valence-electron chi connectivity index (χ1n) is 9.10. The van der Waals surface area contributed by atoms with Crippen LogP contribution in [0.5, 0.6) is 5.75 Å². The molecule has 1 aliphatic rings. The lowest BCUT2D eigenvalue weighted by molar-refractivity contribution is -0.146. The zero-order valence-corrected chi connectivity index (χ0v) is 16.8. The summed E-state index contributed by atoms with van der Waals surface area (Å²) in [7, 11) is 0. The summed E-state index contributed by atoms with van der Waals surface area (Å²) in [6.07, 6.45) is 1.34. The summed E-state index contributed by atoms with van der Waals surface area (Å²) in [5, 5.41) is 9.76. The minimum atomic E-state index is -1.04. The number of carboxylic acids is 1. The highest BCUT2D eigenvalue weighted by Crippen LogP contribution is 2.42. The zero-order chi connectivity index (χ0) is 21.4. The molecule has 1 saturated carbocycles. The van der Waals surface area contributed by atoms with Gasteiger partial charge in [0.2, 0.25) is 6.10 Å². The molecule has 0 aliphatic heterocycles. The summed E-state index contributed by atoms with van der Waals surface area (Å²) in [5.74, 6) is -0.715. The van der Waals surface area contributed by atoms with Gasteiger partial charge in [-0.05, 0) is 37.6 Å². The van der Waals surface area contributed by atoms with Crippen molar-refractivity contribution in [3.63, 3.8) is 0 Å². The van der Waals surface area contributed by atoms with Gasteiger partial charge in [0.1, 0.15) is 11.3 Å². The summed E-state index contributed by atoms with van der Waals surface area (Å²) in [4.78, 5) is 22.3. The topological polar surface area (TPSA) is 98.9 Å². The van der Waals surface area contributed by atoms with E-state index >= 15 is 0 Å². The van der Waals surface area contributed by atoms with E-state index in [1.807, 2.05) is 6.07 Å². The van der Waals surface area contributed by atoms with Crippen LogP contribution in [0.3, 0.4) is 0 Å². The predicted molar refractivity (Wildman–Crippen MR) is 111 cm³/mol. The summed E-state index contributed by atoms with van der Waals surface area (Å²) in [6.45, 7) is 5.73. The number of carbonyl (C=O) groups is 2. The molecule has 0 spiro atoms. The van der Waals surface area contributed by atoms with Gasteiger partial charge in [0.15, 0.2) is 0 Å². The molecular weight excluding hydrogens is 394 g/mol. The third-order valence-electron chi connectivity index (χ3n) is 4.39. The van der Waals surface area contributed by atoms with Crippen LogP contribution < -0.4 is 10.5 Å². The fourth-order valence-electron chi connectivity index (χ4n) is 2.63. The maximum absolute atomic E-state index is 11.2. The maximum Gasteiger partial charge on any atom is 0.349 e. The first-order valence-corrected chi connectivity index (χ1v) is 9.48. The van der Waals surface area contributed by atoms with Crippen molar-refractivity contribution in [2.45, 2.75) is 25.0 Å². The normalized spacial score (nSPS) is 20.4. The van der Waals surface area contributed by atoms with Gasteiger partial charge in [0, 0.05) is 16.5 Å². The Labute approximate surface area is 174 Å². The Morgan fingerprint density at radius 3 is 2.38 bits per heavy atom. The van der Waals surface area contributed by atoms with Crippen LogP contribution in [0.2, 0.25) is 5.02 Å². The SMILES string of the molecule is C=C[C@@H]1C[C@]1(N)C(=O)OCC.O=C(O)[C@@H](Oc1ccccc1)c1ccc(Cl)cc1. The molecule has 1 fully saturated rings. The van der Waals surface area contributed by atoms with Crippen LogP contribution in [-0.2, 0) is 14.3 Å². The molecule has 0 amide bonds. The number of carboxylic acid groups (broad SMARTS) is 1. The van der Waals surface area contributed by atoms with Crippen molar-refractivity contribution in [3.8, 4) is 5.75 Å². The van der Waals surface area contributed by atoms with Gasteiger partial charge in [-0.2, -0.15) is 0 Å². The number of carbonyl (C=O) groups excluding carboxylic acids is 1. The largest absolute Gasteiger partial charge is 0.478 e. The summed E-state index contributed by atoms with van der Waals surface area (Å²) >= 11 is 5.77. The van der Waals surface area contributed by atoms with Crippen LogP contribution in [-0.4, -0.2) is 29.2 Å². The third-order valence-corrected chi connectivity index (χ3v) is 4.65. The van der Waals surface area contributed by atoms with E-state index in [0.29, 0.717) is 29.4 Å². The molecule has 6 nitrogen and oxygen atoms in total. The van der Waals surface area contributed by atoms with E-state index in [1.165, 1.54) is 0 Å². The summed E-state index contributed by atoms with van der Waals surface area (Å²) < 4.78 is 10.2. The molecule has 0 unspecified atom stereocenters. The predicted octanol–water partition coefficient (Wildman–Crippen LogP) is 4.00. The van der Waals surface area contributed by atoms with Crippen LogP contribution in [0.1, 0.15) is 25.0 Å². The molecule has 0 bridgehead atoms. The number of hydrogen-bond donors (Lipinski definition) is 2. The van der Waals surface area contributed by atoms with Crippen molar-refractivity contribution in [1.82, 2.24) is 0 Å². The monoisotopic (exact) mass is 417 g/mol. The molecule has 1 aliphatic carbocycles. The molecule has 154 valence electrons. The average molecular weight is 418 g/mol. The van der Waals surface area contributed by atoms with E-state index < -0.39 is 17.6 Å². The molecule has 29 heavy (non-hydrogen) atoms. The van der Waals surface area contributed by atoms with E-state index in [9.17, 15) is 14.7 Å². The van der Waals surface area contributed by atoms with Crippen molar-refractivity contribution >= 4 is 23.5 Å². The Bertz CT molecular complexity index is 840. The van der Waals surface area contributed by atoms with Crippen LogP contribution in [0, 0.1) is 5.92 Å². The van der Waals surface area contributed by atoms with E-state index in [0.717, 1.165) is 0 Å². The first-order chi connectivity index (χ1) is 13.8. The van der Waals surface area contributed by atoms with Gasteiger partial charge in [-0.15, -0.1) is 6.58 Å². The smallest absolute Gasteiger partial charge is 0.349 e. The van der Waals surface area contributed by atoms with E-state index in [4.69, 9.17) is 26.8 Å². The molecule has 0 saturated heterocycles. The van der Waals surface area contributed by atoms with Crippen LogP contribution in [0.25, 0.3) is 0 Å². The highest BCUT2D eigenvalue weighted by molar-refractivity contribution is 6.30. The number of nitrogens with two attached hydrogens (primary N) is 1. The highest BCUT2D eigenvalue weighted by atomic mass is 35.5. The third kappa shape index (κ3) is 6.07. The Morgan fingerprint density at radius 1 is 1.28 bits per heavy atom. The molecule has 3 N–H and O–H groups in total. The number of hydrogen-bond acceptors (Lipinski definition) is 5. The van der Waals surface area contributed by atoms with Crippen molar-refractivity contribution in [1.29, 1.82) is 0 Å².